The van der Waals surface area contributed by atoms with Crippen molar-refractivity contribution in [1.29, 1.82) is 0 Å². The fourth-order valence-electron chi connectivity index (χ4n) is 2.84. The first-order valence-electron chi connectivity index (χ1n) is 9.26. The largest absolute Gasteiger partial charge is 0.351 e. The van der Waals surface area contributed by atoms with Gasteiger partial charge < -0.3 is 5.32 Å². The molecule has 4 rings (SSSR count). The van der Waals surface area contributed by atoms with E-state index in [1.54, 1.807) is 12.4 Å². The molecule has 30 heavy (non-hydrogen) atoms. The molecule has 2 aromatic heterocycles. The van der Waals surface area contributed by atoms with Crippen molar-refractivity contribution in [2.24, 2.45) is 0 Å². The van der Waals surface area contributed by atoms with Gasteiger partial charge in [0.05, 0.1) is 5.75 Å². The molecule has 0 aliphatic carbocycles. The van der Waals surface area contributed by atoms with E-state index >= 15 is 0 Å². The summed E-state index contributed by atoms with van der Waals surface area (Å²) < 4.78 is 1.95. The molecule has 2 heterocycles. The number of benzene rings is 2. The van der Waals surface area contributed by atoms with Crippen LogP contribution in [0.1, 0.15) is 5.56 Å². The molecule has 1 N–H and O–H groups in total. The second-order valence-electron chi connectivity index (χ2n) is 6.40. The molecule has 0 spiro atoms. The molecule has 4 aromatic rings. The summed E-state index contributed by atoms with van der Waals surface area (Å²) in [4.78, 5) is 16.3. The third-order valence-corrected chi connectivity index (χ3v) is 5.50. The second kappa shape index (κ2) is 9.56. The molecule has 0 saturated carbocycles. The zero-order valence-corrected chi connectivity index (χ0v) is 17.5. The van der Waals surface area contributed by atoms with Crippen molar-refractivity contribution in [2.75, 3.05) is 5.75 Å². The highest BCUT2D eigenvalue weighted by Gasteiger charge is 2.17. The van der Waals surface area contributed by atoms with E-state index in [0.717, 1.165) is 16.8 Å². The predicted molar refractivity (Wildman–Crippen MR) is 119 cm³/mol. The van der Waals surface area contributed by atoms with Crippen molar-refractivity contribution in [1.82, 2.24) is 25.1 Å². The number of para-hydroxylation sites is 1. The Hall–Kier alpha value is -3.16. The highest BCUT2D eigenvalue weighted by Crippen LogP contribution is 2.28. The number of pyridine rings is 1. The monoisotopic (exact) mass is 435 g/mol. The molecule has 0 aliphatic rings. The number of amides is 1. The summed E-state index contributed by atoms with van der Waals surface area (Å²) in [5, 5.41) is 12.9. The molecule has 0 radical (unpaired) electrons. The molecule has 150 valence electrons. The van der Waals surface area contributed by atoms with Gasteiger partial charge in [0.2, 0.25) is 5.91 Å². The van der Waals surface area contributed by atoms with Crippen LogP contribution in [0.2, 0.25) is 5.02 Å². The molecular formula is C22H18ClN5OS. The minimum Gasteiger partial charge on any atom is -0.351 e. The standard InChI is InChI=1S/C22H18ClN5OS/c23-18-8-6-17(7-9-18)21-26-27-22(28(21)19-4-2-1-3-5-19)30-15-20(29)25-14-16-10-12-24-13-11-16/h1-13H,14-15H2,(H,25,29). The minimum atomic E-state index is -0.0764. The minimum absolute atomic E-state index is 0.0764. The zero-order chi connectivity index (χ0) is 20.8. The van der Waals surface area contributed by atoms with E-state index in [9.17, 15) is 4.79 Å². The quantitative estimate of drug-likeness (QED) is 0.436. The maximum Gasteiger partial charge on any atom is 0.230 e. The number of hydrogen-bond acceptors (Lipinski definition) is 5. The Kier molecular flexibility index (Phi) is 6.41. The number of carbonyl (C=O) groups excluding carboxylic acids is 1. The Morgan fingerprint density at radius 1 is 0.967 bits per heavy atom. The number of nitrogens with one attached hydrogen (secondary N) is 1. The summed E-state index contributed by atoms with van der Waals surface area (Å²) in [7, 11) is 0. The second-order valence-corrected chi connectivity index (χ2v) is 7.78. The normalized spacial score (nSPS) is 10.7. The first-order valence-corrected chi connectivity index (χ1v) is 10.6. The Bertz CT molecular complexity index is 1120. The molecule has 6 nitrogen and oxygen atoms in total. The lowest BCUT2D eigenvalue weighted by Gasteiger charge is -2.10. The van der Waals surface area contributed by atoms with Gasteiger partial charge in [0.15, 0.2) is 11.0 Å². The summed E-state index contributed by atoms with van der Waals surface area (Å²) in [5.74, 6) is 0.849. The first kappa shape index (κ1) is 20.1. The maximum absolute atomic E-state index is 12.3. The van der Waals surface area contributed by atoms with E-state index in [1.807, 2.05) is 71.3 Å². The van der Waals surface area contributed by atoms with Gasteiger partial charge in [-0.1, -0.05) is 41.6 Å². The lowest BCUT2D eigenvalue weighted by Crippen LogP contribution is -2.24. The third-order valence-electron chi connectivity index (χ3n) is 4.32. The van der Waals surface area contributed by atoms with Gasteiger partial charge in [-0.15, -0.1) is 10.2 Å². The van der Waals surface area contributed by atoms with E-state index in [1.165, 1.54) is 11.8 Å². The molecule has 2 aromatic carbocycles. The van der Waals surface area contributed by atoms with Crippen LogP contribution in [0.15, 0.2) is 84.3 Å². The van der Waals surface area contributed by atoms with Crippen LogP contribution in [0.4, 0.5) is 0 Å². The Balaban J connectivity index is 1.53. The van der Waals surface area contributed by atoms with Gasteiger partial charge in [-0.2, -0.15) is 0 Å². The Labute approximate surface area is 183 Å². The highest BCUT2D eigenvalue weighted by molar-refractivity contribution is 7.99. The van der Waals surface area contributed by atoms with E-state index in [-0.39, 0.29) is 11.7 Å². The van der Waals surface area contributed by atoms with E-state index < -0.39 is 0 Å². The maximum atomic E-state index is 12.3. The average Bonchev–Trinajstić information content (AvgIpc) is 3.22. The van der Waals surface area contributed by atoms with Crippen LogP contribution in [0, 0.1) is 0 Å². The van der Waals surface area contributed by atoms with Crippen molar-refractivity contribution in [2.45, 2.75) is 11.7 Å². The van der Waals surface area contributed by atoms with Crippen LogP contribution in [0.3, 0.4) is 0 Å². The van der Waals surface area contributed by atoms with Crippen LogP contribution in [0.5, 0.6) is 0 Å². The number of rotatable bonds is 7. The van der Waals surface area contributed by atoms with Crippen LogP contribution in [-0.2, 0) is 11.3 Å². The van der Waals surface area contributed by atoms with Crippen molar-refractivity contribution < 1.29 is 4.79 Å². The number of nitrogens with zero attached hydrogens (tertiary/aromatic N) is 4. The summed E-state index contributed by atoms with van der Waals surface area (Å²) in [5.41, 5.74) is 2.82. The van der Waals surface area contributed by atoms with Crippen molar-refractivity contribution in [3.63, 3.8) is 0 Å². The number of carbonyl (C=O) groups is 1. The van der Waals surface area contributed by atoms with Gasteiger partial charge in [-0.05, 0) is 54.1 Å². The van der Waals surface area contributed by atoms with Crippen LogP contribution in [0.25, 0.3) is 17.1 Å². The highest BCUT2D eigenvalue weighted by atomic mass is 35.5. The first-order chi connectivity index (χ1) is 14.7. The van der Waals surface area contributed by atoms with Gasteiger partial charge >= 0.3 is 0 Å². The molecule has 0 aliphatic heterocycles. The van der Waals surface area contributed by atoms with E-state index in [4.69, 9.17) is 11.6 Å². The van der Waals surface area contributed by atoms with Crippen LogP contribution >= 0.6 is 23.4 Å². The van der Waals surface area contributed by atoms with Gasteiger partial charge in [-0.3, -0.25) is 14.3 Å². The van der Waals surface area contributed by atoms with E-state index in [0.29, 0.717) is 22.5 Å². The smallest absolute Gasteiger partial charge is 0.230 e. The van der Waals surface area contributed by atoms with Crippen molar-refractivity contribution >= 4 is 29.3 Å². The van der Waals surface area contributed by atoms with Crippen LogP contribution in [-0.4, -0.2) is 31.4 Å². The number of hydrogen-bond donors (Lipinski definition) is 1. The summed E-state index contributed by atoms with van der Waals surface area (Å²) >= 11 is 7.37. The summed E-state index contributed by atoms with van der Waals surface area (Å²) in [6.07, 6.45) is 3.41. The lowest BCUT2D eigenvalue weighted by atomic mass is 10.2. The molecule has 1 amide bonds. The number of halogens is 1. The fourth-order valence-corrected chi connectivity index (χ4v) is 3.75. The number of aromatic nitrogens is 4. The molecule has 0 saturated heterocycles. The molecule has 0 unspecified atom stereocenters. The van der Waals surface area contributed by atoms with Gasteiger partial charge in [0.25, 0.3) is 0 Å². The topological polar surface area (TPSA) is 72.7 Å². The van der Waals surface area contributed by atoms with Gasteiger partial charge in [0, 0.05) is 35.2 Å². The third kappa shape index (κ3) is 4.87. The molecule has 0 atom stereocenters. The number of thioether (sulfide) groups is 1. The summed E-state index contributed by atoms with van der Waals surface area (Å²) in [6, 6.07) is 21.0. The van der Waals surface area contributed by atoms with E-state index in [2.05, 4.69) is 20.5 Å². The average molecular weight is 436 g/mol. The molecular weight excluding hydrogens is 418 g/mol. The Morgan fingerprint density at radius 2 is 1.70 bits per heavy atom. The van der Waals surface area contributed by atoms with Gasteiger partial charge in [0.1, 0.15) is 0 Å². The fraction of sp³-hybridized carbons (Fsp3) is 0.0909. The van der Waals surface area contributed by atoms with Crippen molar-refractivity contribution in [3.8, 4) is 17.1 Å². The molecule has 0 fully saturated rings. The molecule has 8 heteroatoms. The van der Waals surface area contributed by atoms with Crippen molar-refractivity contribution in [3.05, 3.63) is 89.7 Å². The lowest BCUT2D eigenvalue weighted by molar-refractivity contribution is -0.118. The molecule has 0 bridgehead atoms. The van der Waals surface area contributed by atoms with Gasteiger partial charge in [-0.25, -0.2) is 0 Å². The zero-order valence-electron chi connectivity index (χ0n) is 15.9. The summed E-state index contributed by atoms with van der Waals surface area (Å²) in [6.45, 7) is 0.462. The predicted octanol–water partition coefficient (Wildman–Crippen LogP) is 4.39. The SMILES string of the molecule is O=C(CSc1nnc(-c2ccc(Cl)cc2)n1-c1ccccc1)NCc1ccncc1. The Morgan fingerprint density at radius 3 is 2.43 bits per heavy atom. The van der Waals surface area contributed by atoms with Crippen LogP contribution < -0.4 is 5.32 Å².